The number of ether oxygens (including phenoxy) is 2. The van der Waals surface area contributed by atoms with E-state index in [0.29, 0.717) is 43.6 Å². The molecule has 2 atom stereocenters. The molecule has 0 saturated carbocycles. The molecule has 0 aliphatic rings. The van der Waals surface area contributed by atoms with Gasteiger partial charge in [0, 0.05) is 13.6 Å². The quantitative estimate of drug-likeness (QED) is 0.365. The van der Waals surface area contributed by atoms with Crippen molar-refractivity contribution in [3.05, 3.63) is 59.4 Å². The lowest BCUT2D eigenvalue weighted by Gasteiger charge is -2.21. The lowest BCUT2D eigenvalue weighted by atomic mass is 9.98. The molecule has 32 heavy (non-hydrogen) atoms. The second-order valence-electron chi connectivity index (χ2n) is 7.32. The maximum Gasteiger partial charge on any atom is 0.222 e. The van der Waals surface area contributed by atoms with Crippen LogP contribution in [0.25, 0.3) is 0 Å². The standard InChI is InChI=1S/C24H33FN4O3/c1-5-31-21-12-9-18(14-22(21)32-6-2)16(3)29-24(27-4)28-15-19(23(26)30)13-17-7-10-20(25)11-8-17/h7-12,14,16,19H,5-6,13,15H2,1-4H3,(H2,26,30)(H2,27,28,29). The summed E-state index contributed by atoms with van der Waals surface area (Å²) in [5, 5.41) is 6.47. The molecule has 2 rings (SSSR count). The van der Waals surface area contributed by atoms with E-state index in [4.69, 9.17) is 15.2 Å². The van der Waals surface area contributed by atoms with Gasteiger partial charge in [0.05, 0.1) is 25.2 Å². The number of carbonyl (C=O) groups excluding carboxylic acids is 1. The highest BCUT2D eigenvalue weighted by Gasteiger charge is 2.18. The number of halogens is 1. The average Bonchev–Trinajstić information content (AvgIpc) is 2.78. The second kappa shape index (κ2) is 12.5. The molecule has 0 heterocycles. The van der Waals surface area contributed by atoms with E-state index >= 15 is 0 Å². The highest BCUT2D eigenvalue weighted by molar-refractivity contribution is 5.82. The lowest BCUT2D eigenvalue weighted by molar-refractivity contribution is -0.121. The van der Waals surface area contributed by atoms with Crippen LogP contribution < -0.4 is 25.8 Å². The molecule has 2 unspecified atom stereocenters. The molecule has 4 N–H and O–H groups in total. The van der Waals surface area contributed by atoms with Crippen LogP contribution in [0.2, 0.25) is 0 Å². The number of benzene rings is 2. The van der Waals surface area contributed by atoms with E-state index in [1.807, 2.05) is 39.0 Å². The highest BCUT2D eigenvalue weighted by atomic mass is 19.1. The predicted molar refractivity (Wildman–Crippen MR) is 124 cm³/mol. The number of nitrogens with zero attached hydrogens (tertiary/aromatic N) is 1. The zero-order chi connectivity index (χ0) is 23.5. The summed E-state index contributed by atoms with van der Waals surface area (Å²) >= 11 is 0. The third-order valence-electron chi connectivity index (χ3n) is 4.96. The smallest absolute Gasteiger partial charge is 0.222 e. The Morgan fingerprint density at radius 2 is 1.75 bits per heavy atom. The van der Waals surface area contributed by atoms with Crippen LogP contribution in [0.5, 0.6) is 11.5 Å². The van der Waals surface area contributed by atoms with E-state index in [2.05, 4.69) is 15.6 Å². The molecule has 0 fully saturated rings. The van der Waals surface area contributed by atoms with Crippen LogP contribution in [0.1, 0.15) is 37.9 Å². The van der Waals surface area contributed by atoms with Gasteiger partial charge in [-0.25, -0.2) is 4.39 Å². The van der Waals surface area contributed by atoms with Crippen LogP contribution in [0, 0.1) is 11.7 Å². The molecule has 0 bridgehead atoms. The maximum absolute atomic E-state index is 13.1. The molecule has 7 nitrogen and oxygen atoms in total. The molecule has 1 amide bonds. The first-order valence-electron chi connectivity index (χ1n) is 10.8. The average molecular weight is 445 g/mol. The Labute approximate surface area is 189 Å². The predicted octanol–water partition coefficient (Wildman–Crippen LogP) is 3.19. The summed E-state index contributed by atoms with van der Waals surface area (Å²) in [6.45, 7) is 7.25. The Balaban J connectivity index is 2.01. The Morgan fingerprint density at radius 1 is 1.09 bits per heavy atom. The van der Waals surface area contributed by atoms with E-state index in [-0.39, 0.29) is 11.9 Å². The number of nitrogens with one attached hydrogen (secondary N) is 2. The van der Waals surface area contributed by atoms with Crippen LogP contribution in [0.4, 0.5) is 4.39 Å². The van der Waals surface area contributed by atoms with Crippen molar-refractivity contribution in [1.82, 2.24) is 10.6 Å². The van der Waals surface area contributed by atoms with Crippen LogP contribution in [0.3, 0.4) is 0 Å². The number of hydrogen-bond donors (Lipinski definition) is 3. The number of primary amides is 1. The summed E-state index contributed by atoms with van der Waals surface area (Å²) in [6, 6.07) is 11.8. The van der Waals surface area contributed by atoms with Gasteiger partial charge in [0.1, 0.15) is 5.82 Å². The fourth-order valence-corrected chi connectivity index (χ4v) is 3.22. The molecule has 2 aromatic rings. The maximum atomic E-state index is 13.1. The first-order chi connectivity index (χ1) is 15.4. The highest BCUT2D eigenvalue weighted by Crippen LogP contribution is 2.30. The molecule has 174 valence electrons. The number of carbonyl (C=O) groups is 1. The van der Waals surface area contributed by atoms with Crippen molar-refractivity contribution in [2.75, 3.05) is 26.8 Å². The SMILES string of the molecule is CCOc1ccc(C(C)NC(=NC)NCC(Cc2ccc(F)cc2)C(N)=O)cc1OCC. The van der Waals surface area contributed by atoms with Crippen molar-refractivity contribution in [2.45, 2.75) is 33.2 Å². The van der Waals surface area contributed by atoms with Gasteiger partial charge in [0.25, 0.3) is 0 Å². The summed E-state index contributed by atoms with van der Waals surface area (Å²) in [7, 11) is 1.66. The van der Waals surface area contributed by atoms with Crippen molar-refractivity contribution < 1.29 is 18.7 Å². The minimum absolute atomic E-state index is 0.0831. The summed E-state index contributed by atoms with van der Waals surface area (Å²) < 4.78 is 24.5. The zero-order valence-electron chi connectivity index (χ0n) is 19.2. The third kappa shape index (κ3) is 7.44. The first kappa shape index (κ1) is 25.0. The fourth-order valence-electron chi connectivity index (χ4n) is 3.22. The number of nitrogens with two attached hydrogens (primary N) is 1. The van der Waals surface area contributed by atoms with Crippen molar-refractivity contribution in [3.63, 3.8) is 0 Å². The monoisotopic (exact) mass is 444 g/mol. The molecule has 2 aromatic carbocycles. The lowest BCUT2D eigenvalue weighted by Crippen LogP contribution is -2.43. The minimum atomic E-state index is -0.468. The Hall–Kier alpha value is -3.29. The van der Waals surface area contributed by atoms with Gasteiger partial charge < -0.3 is 25.8 Å². The van der Waals surface area contributed by atoms with E-state index in [1.165, 1.54) is 12.1 Å². The molecule has 0 aliphatic heterocycles. The van der Waals surface area contributed by atoms with E-state index < -0.39 is 11.8 Å². The molecular formula is C24H33FN4O3. The third-order valence-corrected chi connectivity index (χ3v) is 4.96. The molecule has 0 saturated heterocycles. The molecule has 8 heteroatoms. The van der Waals surface area contributed by atoms with Gasteiger partial charge in [0.2, 0.25) is 5.91 Å². The molecule has 0 aliphatic carbocycles. The summed E-state index contributed by atoms with van der Waals surface area (Å²) in [6.07, 6.45) is 0.409. The van der Waals surface area contributed by atoms with Crippen LogP contribution in [-0.4, -0.2) is 38.7 Å². The Kier molecular flexibility index (Phi) is 9.78. The van der Waals surface area contributed by atoms with Crippen molar-refractivity contribution in [1.29, 1.82) is 0 Å². The van der Waals surface area contributed by atoms with Gasteiger partial charge in [-0.1, -0.05) is 18.2 Å². The number of guanidine groups is 1. The molecule has 0 spiro atoms. The van der Waals surface area contributed by atoms with Gasteiger partial charge in [-0.2, -0.15) is 0 Å². The van der Waals surface area contributed by atoms with Crippen LogP contribution in [-0.2, 0) is 11.2 Å². The number of aliphatic imine (C=N–C) groups is 1. The van der Waals surface area contributed by atoms with Gasteiger partial charge in [-0.05, 0) is 62.6 Å². The Bertz CT molecular complexity index is 903. The summed E-state index contributed by atoms with van der Waals surface area (Å²) in [5.41, 5.74) is 7.42. The normalized spacial score (nSPS) is 13.2. The molecule has 0 aromatic heterocycles. The van der Waals surface area contributed by atoms with Crippen molar-refractivity contribution in [3.8, 4) is 11.5 Å². The van der Waals surface area contributed by atoms with Gasteiger partial charge in [-0.15, -0.1) is 0 Å². The molecular weight excluding hydrogens is 411 g/mol. The molecule has 0 radical (unpaired) electrons. The van der Waals surface area contributed by atoms with Crippen LogP contribution in [0.15, 0.2) is 47.5 Å². The summed E-state index contributed by atoms with van der Waals surface area (Å²) in [4.78, 5) is 16.2. The largest absolute Gasteiger partial charge is 0.490 e. The van der Waals surface area contributed by atoms with Crippen molar-refractivity contribution in [2.24, 2.45) is 16.6 Å². The minimum Gasteiger partial charge on any atom is -0.490 e. The zero-order valence-corrected chi connectivity index (χ0v) is 19.2. The first-order valence-corrected chi connectivity index (χ1v) is 10.8. The topological polar surface area (TPSA) is 98.0 Å². The van der Waals surface area contributed by atoms with Crippen LogP contribution >= 0.6 is 0 Å². The van der Waals surface area contributed by atoms with Crippen molar-refractivity contribution >= 4 is 11.9 Å². The van der Waals surface area contributed by atoms with E-state index in [0.717, 1.165) is 11.1 Å². The van der Waals surface area contributed by atoms with Gasteiger partial charge in [0.15, 0.2) is 17.5 Å². The van der Waals surface area contributed by atoms with Gasteiger partial charge >= 0.3 is 0 Å². The number of hydrogen-bond acceptors (Lipinski definition) is 4. The number of amides is 1. The Morgan fingerprint density at radius 3 is 2.34 bits per heavy atom. The summed E-state index contributed by atoms with van der Waals surface area (Å²) in [5.74, 6) is 0.717. The van der Waals surface area contributed by atoms with E-state index in [1.54, 1.807) is 19.2 Å². The second-order valence-corrected chi connectivity index (χ2v) is 7.32. The van der Waals surface area contributed by atoms with Gasteiger partial charge in [-0.3, -0.25) is 9.79 Å². The van der Waals surface area contributed by atoms with E-state index in [9.17, 15) is 9.18 Å². The number of rotatable bonds is 11. The fraction of sp³-hybridized carbons (Fsp3) is 0.417.